The van der Waals surface area contributed by atoms with E-state index in [1.54, 1.807) is 44.0 Å². The molecule has 2 aromatic heterocycles. The molecule has 0 radical (unpaired) electrons. The highest BCUT2D eigenvalue weighted by molar-refractivity contribution is 5.94. The molecule has 0 aromatic carbocycles. The zero-order chi connectivity index (χ0) is 17.6. The summed E-state index contributed by atoms with van der Waals surface area (Å²) in [5.41, 5.74) is 0.704. The van der Waals surface area contributed by atoms with E-state index in [9.17, 15) is 4.79 Å². The first-order chi connectivity index (χ1) is 12.2. The summed E-state index contributed by atoms with van der Waals surface area (Å²) >= 11 is 0. The number of piperidine rings is 1. The number of rotatable bonds is 5. The second-order valence-electron chi connectivity index (χ2n) is 6.24. The molecule has 1 amide bonds. The van der Waals surface area contributed by atoms with E-state index in [0.29, 0.717) is 17.4 Å². The molecule has 25 heavy (non-hydrogen) atoms. The van der Waals surface area contributed by atoms with Gasteiger partial charge in [0.05, 0.1) is 7.11 Å². The van der Waals surface area contributed by atoms with Crippen molar-refractivity contribution in [3.05, 3.63) is 42.5 Å². The highest BCUT2D eigenvalue weighted by atomic mass is 16.5. The molecule has 0 N–H and O–H groups in total. The first-order valence-electron chi connectivity index (χ1n) is 8.44. The van der Waals surface area contributed by atoms with Gasteiger partial charge in [-0.1, -0.05) is 0 Å². The van der Waals surface area contributed by atoms with Gasteiger partial charge in [-0.15, -0.1) is 0 Å². The van der Waals surface area contributed by atoms with Crippen LogP contribution in [0, 0.1) is 5.92 Å². The maximum Gasteiger partial charge on any atom is 0.257 e. The van der Waals surface area contributed by atoms with Crippen LogP contribution in [0.25, 0.3) is 0 Å². The Morgan fingerprint density at radius 1 is 1.20 bits per heavy atom. The van der Waals surface area contributed by atoms with Crippen molar-refractivity contribution in [2.45, 2.75) is 12.8 Å². The molecule has 132 valence electrons. The molecule has 1 saturated heterocycles. The van der Waals surface area contributed by atoms with Crippen molar-refractivity contribution in [3.63, 3.8) is 0 Å². The van der Waals surface area contributed by atoms with Crippen LogP contribution in [0.1, 0.15) is 23.2 Å². The molecule has 7 heteroatoms. The zero-order valence-corrected chi connectivity index (χ0v) is 14.6. The third-order valence-electron chi connectivity index (χ3n) is 4.56. The maximum atomic E-state index is 12.5. The van der Waals surface area contributed by atoms with Gasteiger partial charge in [-0.2, -0.15) is 0 Å². The quantitative estimate of drug-likeness (QED) is 0.827. The normalized spacial score (nSPS) is 15.0. The van der Waals surface area contributed by atoms with Crippen LogP contribution in [0.15, 0.2) is 36.9 Å². The van der Waals surface area contributed by atoms with E-state index in [0.717, 1.165) is 38.3 Å². The van der Waals surface area contributed by atoms with Crippen molar-refractivity contribution in [1.29, 1.82) is 0 Å². The van der Waals surface area contributed by atoms with Gasteiger partial charge in [0.15, 0.2) is 5.82 Å². The highest BCUT2D eigenvalue weighted by Crippen LogP contribution is 2.25. The predicted molar refractivity (Wildman–Crippen MR) is 94.7 cm³/mol. The monoisotopic (exact) mass is 341 g/mol. The molecule has 7 nitrogen and oxygen atoms in total. The van der Waals surface area contributed by atoms with Crippen LogP contribution < -0.4 is 9.64 Å². The molecule has 0 bridgehead atoms. The van der Waals surface area contributed by atoms with Gasteiger partial charge in [0.25, 0.3) is 11.8 Å². The van der Waals surface area contributed by atoms with Crippen LogP contribution in [0.5, 0.6) is 5.88 Å². The second kappa shape index (κ2) is 7.92. The van der Waals surface area contributed by atoms with Crippen molar-refractivity contribution >= 4 is 11.7 Å². The van der Waals surface area contributed by atoms with Gasteiger partial charge in [-0.3, -0.25) is 9.78 Å². The molecule has 0 saturated carbocycles. The Kier molecular flexibility index (Phi) is 5.42. The van der Waals surface area contributed by atoms with Gasteiger partial charge < -0.3 is 14.5 Å². The van der Waals surface area contributed by atoms with E-state index in [2.05, 4.69) is 19.9 Å². The average Bonchev–Trinajstić information content (AvgIpc) is 2.68. The number of likely N-dealkylation sites (tertiary alicyclic amines) is 1. The summed E-state index contributed by atoms with van der Waals surface area (Å²) in [6, 6.07) is 3.53. The van der Waals surface area contributed by atoms with Crippen LogP contribution >= 0.6 is 0 Å². The Morgan fingerprint density at radius 3 is 2.56 bits per heavy atom. The standard InChI is InChI=1S/C18H23N5O2/c1-22(16-17(25-2)21-10-9-20-16)13-14-5-11-23(12-6-14)18(24)15-3-7-19-8-4-15/h3-4,7-10,14H,5-6,11-13H2,1-2H3. The third-order valence-corrected chi connectivity index (χ3v) is 4.56. The summed E-state index contributed by atoms with van der Waals surface area (Å²) in [6.07, 6.45) is 8.56. The molecule has 3 heterocycles. The first-order valence-corrected chi connectivity index (χ1v) is 8.44. The molecule has 0 spiro atoms. The molecule has 3 rings (SSSR count). The number of nitrogens with zero attached hydrogens (tertiary/aromatic N) is 5. The van der Waals surface area contributed by atoms with E-state index in [4.69, 9.17) is 4.74 Å². The number of hydrogen-bond acceptors (Lipinski definition) is 6. The second-order valence-corrected chi connectivity index (χ2v) is 6.24. The zero-order valence-electron chi connectivity index (χ0n) is 14.6. The number of ether oxygens (including phenoxy) is 1. The number of carbonyl (C=O) groups excluding carboxylic acids is 1. The molecule has 0 aliphatic carbocycles. The first kappa shape index (κ1) is 17.1. The smallest absolute Gasteiger partial charge is 0.257 e. The van der Waals surface area contributed by atoms with Gasteiger partial charge in [-0.05, 0) is 30.9 Å². The number of carbonyl (C=O) groups is 1. The van der Waals surface area contributed by atoms with Crippen LogP contribution in [-0.2, 0) is 0 Å². The van der Waals surface area contributed by atoms with E-state index >= 15 is 0 Å². The minimum Gasteiger partial charge on any atom is -0.478 e. The number of methoxy groups -OCH3 is 1. The Balaban J connectivity index is 1.55. The molecular weight excluding hydrogens is 318 g/mol. The summed E-state index contributed by atoms with van der Waals surface area (Å²) in [5, 5.41) is 0. The Hall–Kier alpha value is -2.70. The topological polar surface area (TPSA) is 71.5 Å². The fourth-order valence-electron chi connectivity index (χ4n) is 3.19. The van der Waals surface area contributed by atoms with Gasteiger partial charge in [0.1, 0.15) is 0 Å². The number of pyridine rings is 1. The van der Waals surface area contributed by atoms with Gasteiger partial charge >= 0.3 is 0 Å². The average molecular weight is 341 g/mol. The Morgan fingerprint density at radius 2 is 1.88 bits per heavy atom. The molecule has 2 aromatic rings. The maximum absolute atomic E-state index is 12.5. The van der Waals surface area contributed by atoms with Crippen molar-refractivity contribution in [2.24, 2.45) is 5.92 Å². The van der Waals surface area contributed by atoms with Gasteiger partial charge in [-0.25, -0.2) is 9.97 Å². The largest absolute Gasteiger partial charge is 0.478 e. The summed E-state index contributed by atoms with van der Waals surface area (Å²) in [7, 11) is 3.60. The molecule has 1 fully saturated rings. The van der Waals surface area contributed by atoms with Gasteiger partial charge in [0, 0.05) is 57.0 Å². The van der Waals surface area contributed by atoms with Crippen LogP contribution in [0.4, 0.5) is 5.82 Å². The number of amides is 1. The van der Waals surface area contributed by atoms with E-state index in [-0.39, 0.29) is 5.91 Å². The van der Waals surface area contributed by atoms with Crippen molar-refractivity contribution in [2.75, 3.05) is 38.7 Å². The summed E-state index contributed by atoms with van der Waals surface area (Å²) in [5.74, 6) is 1.89. The minimum atomic E-state index is 0.0878. The fourth-order valence-corrected chi connectivity index (χ4v) is 3.19. The minimum absolute atomic E-state index is 0.0878. The van der Waals surface area contributed by atoms with Gasteiger partial charge in [0.2, 0.25) is 0 Å². The number of hydrogen-bond donors (Lipinski definition) is 0. The van der Waals surface area contributed by atoms with Crippen molar-refractivity contribution in [3.8, 4) is 5.88 Å². The SMILES string of the molecule is COc1nccnc1N(C)CC1CCN(C(=O)c2ccncc2)CC1. The number of anilines is 1. The lowest BCUT2D eigenvalue weighted by molar-refractivity contribution is 0.0693. The Bertz CT molecular complexity index is 702. The highest BCUT2D eigenvalue weighted by Gasteiger charge is 2.25. The molecule has 0 unspecified atom stereocenters. The van der Waals surface area contributed by atoms with E-state index in [1.165, 1.54) is 0 Å². The van der Waals surface area contributed by atoms with E-state index < -0.39 is 0 Å². The molecule has 1 aliphatic heterocycles. The molecule has 0 atom stereocenters. The summed E-state index contributed by atoms with van der Waals surface area (Å²) in [6.45, 7) is 2.42. The molecule has 1 aliphatic rings. The van der Waals surface area contributed by atoms with Crippen LogP contribution in [-0.4, -0.2) is 59.6 Å². The van der Waals surface area contributed by atoms with Crippen molar-refractivity contribution in [1.82, 2.24) is 19.9 Å². The lowest BCUT2D eigenvalue weighted by atomic mass is 9.96. The molecular formula is C18H23N5O2. The fraction of sp³-hybridized carbons (Fsp3) is 0.444. The third kappa shape index (κ3) is 4.04. The lowest BCUT2D eigenvalue weighted by Crippen LogP contribution is -2.41. The van der Waals surface area contributed by atoms with Crippen LogP contribution in [0.3, 0.4) is 0 Å². The predicted octanol–water partition coefficient (Wildman–Crippen LogP) is 1.87. The number of aromatic nitrogens is 3. The Labute approximate surface area is 147 Å². The lowest BCUT2D eigenvalue weighted by Gasteiger charge is -2.34. The van der Waals surface area contributed by atoms with E-state index in [1.807, 2.05) is 11.9 Å². The van der Waals surface area contributed by atoms with Crippen molar-refractivity contribution < 1.29 is 9.53 Å². The summed E-state index contributed by atoms with van der Waals surface area (Å²) in [4.78, 5) is 29.0. The van der Waals surface area contributed by atoms with Crippen LogP contribution in [0.2, 0.25) is 0 Å². The summed E-state index contributed by atoms with van der Waals surface area (Å²) < 4.78 is 5.28.